The highest BCUT2D eigenvalue weighted by atomic mass is 15.1. The molecule has 1 aliphatic heterocycles. The lowest BCUT2D eigenvalue weighted by Crippen LogP contribution is -2.28. The molecule has 17 heavy (non-hydrogen) atoms. The quantitative estimate of drug-likeness (QED) is 0.804. The maximum Gasteiger partial charge on any atom is 0.234 e. The number of hydrogen-bond donors (Lipinski definition) is 2. The van der Waals surface area contributed by atoms with E-state index in [4.69, 9.17) is 5.73 Å². The van der Waals surface area contributed by atoms with Gasteiger partial charge in [0, 0.05) is 12.4 Å². The predicted molar refractivity (Wildman–Crippen MR) is 66.7 cm³/mol. The van der Waals surface area contributed by atoms with E-state index in [2.05, 4.69) is 15.3 Å². The first-order chi connectivity index (χ1) is 8.31. The Morgan fingerprint density at radius 1 is 1.35 bits per heavy atom. The summed E-state index contributed by atoms with van der Waals surface area (Å²) in [5.74, 6) is 1.49. The van der Waals surface area contributed by atoms with Crippen molar-refractivity contribution < 1.29 is 0 Å². The van der Waals surface area contributed by atoms with Gasteiger partial charge in [0.05, 0.1) is 17.6 Å². The largest absolute Gasteiger partial charge is 0.396 e. The van der Waals surface area contributed by atoms with Crippen molar-refractivity contribution in [3.05, 3.63) is 24.3 Å². The Morgan fingerprint density at radius 3 is 3.00 bits per heavy atom. The molecule has 3 N–H and O–H groups in total. The van der Waals surface area contributed by atoms with Gasteiger partial charge in [-0.3, -0.25) is 4.40 Å². The minimum Gasteiger partial charge on any atom is -0.396 e. The summed E-state index contributed by atoms with van der Waals surface area (Å²) < 4.78 is 1.91. The number of hydrogen-bond acceptors (Lipinski definition) is 4. The van der Waals surface area contributed by atoms with Gasteiger partial charge in [-0.05, 0) is 38.3 Å². The number of nitrogen functional groups attached to an aromatic ring is 1. The summed E-state index contributed by atoms with van der Waals surface area (Å²) in [7, 11) is 0. The Morgan fingerprint density at radius 2 is 2.18 bits per heavy atom. The molecular formula is C12H17N5. The monoisotopic (exact) mass is 231 g/mol. The second kappa shape index (κ2) is 4.33. The lowest BCUT2D eigenvalue weighted by Gasteiger charge is -2.21. The van der Waals surface area contributed by atoms with Crippen molar-refractivity contribution in [2.75, 3.05) is 18.8 Å². The van der Waals surface area contributed by atoms with E-state index < -0.39 is 0 Å². The SMILES string of the molecule is Nc1cnc2nc(CC3CCNCC3)cn2c1. The van der Waals surface area contributed by atoms with Gasteiger partial charge in [0.25, 0.3) is 0 Å². The van der Waals surface area contributed by atoms with E-state index in [1.54, 1.807) is 6.20 Å². The van der Waals surface area contributed by atoms with Crippen LogP contribution in [0.15, 0.2) is 18.6 Å². The van der Waals surface area contributed by atoms with Gasteiger partial charge in [0.2, 0.25) is 5.78 Å². The summed E-state index contributed by atoms with van der Waals surface area (Å²) in [5.41, 5.74) is 7.49. The van der Waals surface area contributed by atoms with Crippen LogP contribution in [0.3, 0.4) is 0 Å². The van der Waals surface area contributed by atoms with E-state index in [0.717, 1.165) is 36.9 Å². The summed E-state index contributed by atoms with van der Waals surface area (Å²) in [6.45, 7) is 2.26. The fourth-order valence-electron chi connectivity index (χ4n) is 2.43. The first-order valence-corrected chi connectivity index (χ1v) is 6.11. The molecule has 0 unspecified atom stereocenters. The molecule has 90 valence electrons. The first-order valence-electron chi connectivity index (χ1n) is 6.11. The molecule has 0 aromatic carbocycles. The van der Waals surface area contributed by atoms with E-state index in [1.165, 1.54) is 12.8 Å². The highest BCUT2D eigenvalue weighted by Crippen LogP contribution is 2.17. The molecule has 0 amide bonds. The Balaban J connectivity index is 1.80. The van der Waals surface area contributed by atoms with Crippen LogP contribution >= 0.6 is 0 Å². The molecule has 0 bridgehead atoms. The number of imidazole rings is 1. The Bertz CT molecular complexity index is 513. The van der Waals surface area contributed by atoms with Crippen molar-refractivity contribution >= 4 is 11.5 Å². The minimum atomic E-state index is 0.670. The van der Waals surface area contributed by atoms with Gasteiger partial charge >= 0.3 is 0 Å². The van der Waals surface area contributed by atoms with Gasteiger partial charge in [-0.25, -0.2) is 9.97 Å². The molecule has 0 spiro atoms. The third-order valence-corrected chi connectivity index (χ3v) is 3.34. The van der Waals surface area contributed by atoms with Gasteiger partial charge in [0.1, 0.15) is 0 Å². The van der Waals surface area contributed by atoms with E-state index >= 15 is 0 Å². The Hall–Kier alpha value is -1.62. The van der Waals surface area contributed by atoms with Crippen molar-refractivity contribution in [3.8, 4) is 0 Å². The van der Waals surface area contributed by atoms with Crippen molar-refractivity contribution in [2.24, 2.45) is 5.92 Å². The molecule has 1 fully saturated rings. The summed E-state index contributed by atoms with van der Waals surface area (Å²) in [6.07, 6.45) is 9.08. The van der Waals surface area contributed by atoms with E-state index in [0.29, 0.717) is 5.69 Å². The van der Waals surface area contributed by atoms with Crippen LogP contribution in [0.1, 0.15) is 18.5 Å². The molecule has 3 rings (SSSR count). The number of nitrogens with one attached hydrogen (secondary N) is 1. The van der Waals surface area contributed by atoms with Crippen LogP contribution in [0.5, 0.6) is 0 Å². The fraction of sp³-hybridized carbons (Fsp3) is 0.500. The van der Waals surface area contributed by atoms with Crippen molar-refractivity contribution in [1.82, 2.24) is 19.7 Å². The van der Waals surface area contributed by atoms with Gasteiger partial charge in [-0.1, -0.05) is 0 Å². The zero-order valence-electron chi connectivity index (χ0n) is 9.76. The molecule has 0 aliphatic carbocycles. The summed E-state index contributed by atoms with van der Waals surface area (Å²) in [4.78, 5) is 8.73. The average Bonchev–Trinajstić information content (AvgIpc) is 2.71. The zero-order valence-corrected chi connectivity index (χ0v) is 9.76. The number of rotatable bonds is 2. The van der Waals surface area contributed by atoms with E-state index in [1.807, 2.05) is 16.8 Å². The Kier molecular flexibility index (Phi) is 2.68. The number of nitrogens with two attached hydrogens (primary N) is 1. The molecule has 5 heteroatoms. The molecule has 0 saturated carbocycles. The van der Waals surface area contributed by atoms with Crippen molar-refractivity contribution in [3.63, 3.8) is 0 Å². The van der Waals surface area contributed by atoms with E-state index in [9.17, 15) is 0 Å². The smallest absolute Gasteiger partial charge is 0.234 e. The zero-order chi connectivity index (χ0) is 11.7. The molecular weight excluding hydrogens is 214 g/mol. The summed E-state index contributed by atoms with van der Waals surface area (Å²) in [6, 6.07) is 0. The number of fused-ring (bicyclic) bond motifs is 1. The lowest BCUT2D eigenvalue weighted by atomic mass is 9.93. The van der Waals surface area contributed by atoms with Gasteiger partial charge in [-0.15, -0.1) is 0 Å². The molecule has 1 saturated heterocycles. The normalized spacial score (nSPS) is 17.6. The fourth-order valence-corrected chi connectivity index (χ4v) is 2.43. The summed E-state index contributed by atoms with van der Waals surface area (Å²) in [5, 5.41) is 3.38. The molecule has 3 heterocycles. The second-order valence-electron chi connectivity index (χ2n) is 4.72. The molecule has 0 radical (unpaired) electrons. The van der Waals surface area contributed by atoms with Crippen LogP contribution in [-0.4, -0.2) is 27.5 Å². The third kappa shape index (κ3) is 2.24. The van der Waals surface area contributed by atoms with Crippen LogP contribution in [0.4, 0.5) is 5.69 Å². The molecule has 1 aliphatic rings. The van der Waals surface area contributed by atoms with Gasteiger partial charge in [0.15, 0.2) is 0 Å². The maximum atomic E-state index is 5.70. The minimum absolute atomic E-state index is 0.670. The molecule has 2 aromatic rings. The highest BCUT2D eigenvalue weighted by molar-refractivity contribution is 5.40. The van der Waals surface area contributed by atoms with Gasteiger partial charge in [-0.2, -0.15) is 0 Å². The number of nitrogens with zero attached hydrogens (tertiary/aromatic N) is 3. The Labute approximate surface area is 100 Å². The topological polar surface area (TPSA) is 68.2 Å². The predicted octanol–water partition coefficient (Wildman–Crippen LogP) is 0.854. The second-order valence-corrected chi connectivity index (χ2v) is 4.72. The number of piperidine rings is 1. The van der Waals surface area contributed by atoms with Gasteiger partial charge < -0.3 is 11.1 Å². The van der Waals surface area contributed by atoms with Crippen LogP contribution < -0.4 is 11.1 Å². The standard InChI is InChI=1S/C12H17N5/c13-10-6-15-12-16-11(8-17(12)7-10)5-9-1-3-14-4-2-9/h6-9,14H,1-5,13H2. The maximum absolute atomic E-state index is 5.70. The number of anilines is 1. The van der Waals surface area contributed by atoms with Crippen molar-refractivity contribution in [2.45, 2.75) is 19.3 Å². The molecule has 5 nitrogen and oxygen atoms in total. The van der Waals surface area contributed by atoms with Crippen LogP contribution in [0.2, 0.25) is 0 Å². The molecule has 2 aromatic heterocycles. The summed E-state index contributed by atoms with van der Waals surface area (Å²) >= 11 is 0. The van der Waals surface area contributed by atoms with Crippen LogP contribution in [0.25, 0.3) is 5.78 Å². The van der Waals surface area contributed by atoms with Crippen LogP contribution in [-0.2, 0) is 6.42 Å². The lowest BCUT2D eigenvalue weighted by molar-refractivity contribution is 0.370. The third-order valence-electron chi connectivity index (χ3n) is 3.34. The first kappa shape index (κ1) is 10.5. The van der Waals surface area contributed by atoms with E-state index in [-0.39, 0.29) is 0 Å². The highest BCUT2D eigenvalue weighted by Gasteiger charge is 2.15. The molecule has 0 atom stereocenters. The average molecular weight is 231 g/mol. The van der Waals surface area contributed by atoms with Crippen LogP contribution in [0, 0.1) is 5.92 Å². The van der Waals surface area contributed by atoms with Crippen molar-refractivity contribution in [1.29, 1.82) is 0 Å². The number of aromatic nitrogens is 3.